The summed E-state index contributed by atoms with van der Waals surface area (Å²) in [4.78, 5) is 14.4. The van der Waals surface area contributed by atoms with Crippen LogP contribution in [-0.4, -0.2) is 44.5 Å². The zero-order valence-electron chi connectivity index (χ0n) is 12.5. The second kappa shape index (κ2) is 7.41. The number of fused-ring (bicyclic) bond motifs is 1. The molecule has 0 unspecified atom stereocenters. The lowest BCUT2D eigenvalue weighted by atomic mass is 9.95. The van der Waals surface area contributed by atoms with Gasteiger partial charge in [0.2, 0.25) is 0 Å². The molecular weight excluding hydrogens is 250 g/mol. The minimum absolute atomic E-state index is 0.0652. The summed E-state index contributed by atoms with van der Waals surface area (Å²) in [5.74, 6) is 0.0652. The largest absolute Gasteiger partial charge is 0.352 e. The number of carbonyl (C=O) groups is 1. The highest BCUT2D eigenvalue weighted by Gasteiger charge is 2.16. The molecule has 20 heavy (non-hydrogen) atoms. The van der Waals surface area contributed by atoms with Crippen molar-refractivity contribution < 1.29 is 4.79 Å². The second-order valence-electron chi connectivity index (χ2n) is 5.64. The van der Waals surface area contributed by atoms with Crippen molar-refractivity contribution in [3.05, 3.63) is 34.9 Å². The van der Waals surface area contributed by atoms with E-state index in [-0.39, 0.29) is 5.91 Å². The first kappa shape index (κ1) is 15.0. The average Bonchev–Trinajstić information content (AvgIpc) is 2.45. The van der Waals surface area contributed by atoms with Crippen LogP contribution in [0.1, 0.15) is 34.3 Å². The third kappa shape index (κ3) is 4.05. The van der Waals surface area contributed by atoms with E-state index in [0.717, 1.165) is 51.0 Å². The molecule has 0 saturated heterocycles. The summed E-state index contributed by atoms with van der Waals surface area (Å²) in [5.41, 5.74) is 3.32. The van der Waals surface area contributed by atoms with Gasteiger partial charge in [-0.3, -0.25) is 4.79 Å². The van der Waals surface area contributed by atoms with Crippen molar-refractivity contribution in [3.63, 3.8) is 0 Å². The van der Waals surface area contributed by atoms with Crippen LogP contribution >= 0.6 is 0 Å². The molecule has 2 N–H and O–H groups in total. The SMILES string of the molecule is CN(C)CCCCNC(=O)c1cccc2c1CNCC2. The summed E-state index contributed by atoms with van der Waals surface area (Å²) in [6, 6.07) is 6.05. The minimum Gasteiger partial charge on any atom is -0.352 e. The Bertz CT molecular complexity index is 457. The maximum absolute atomic E-state index is 12.3. The van der Waals surface area contributed by atoms with Crippen molar-refractivity contribution in [1.29, 1.82) is 0 Å². The summed E-state index contributed by atoms with van der Waals surface area (Å²) < 4.78 is 0. The van der Waals surface area contributed by atoms with Gasteiger partial charge in [0.1, 0.15) is 0 Å². The van der Waals surface area contributed by atoms with Gasteiger partial charge in [0, 0.05) is 18.7 Å². The number of amides is 1. The number of hydrogen-bond acceptors (Lipinski definition) is 3. The quantitative estimate of drug-likeness (QED) is 0.772. The van der Waals surface area contributed by atoms with Gasteiger partial charge in [0.05, 0.1) is 0 Å². The van der Waals surface area contributed by atoms with Gasteiger partial charge in [-0.2, -0.15) is 0 Å². The maximum atomic E-state index is 12.3. The van der Waals surface area contributed by atoms with E-state index < -0.39 is 0 Å². The molecule has 1 aromatic carbocycles. The molecule has 2 rings (SSSR count). The Morgan fingerprint density at radius 3 is 3.00 bits per heavy atom. The van der Waals surface area contributed by atoms with E-state index in [0.29, 0.717) is 0 Å². The predicted molar refractivity (Wildman–Crippen MR) is 82.0 cm³/mol. The van der Waals surface area contributed by atoms with Crippen LogP contribution < -0.4 is 10.6 Å². The fourth-order valence-electron chi connectivity index (χ4n) is 2.58. The Kier molecular flexibility index (Phi) is 5.56. The van der Waals surface area contributed by atoms with Crippen LogP contribution in [0.5, 0.6) is 0 Å². The van der Waals surface area contributed by atoms with E-state index in [1.54, 1.807) is 0 Å². The second-order valence-corrected chi connectivity index (χ2v) is 5.64. The molecule has 1 heterocycles. The van der Waals surface area contributed by atoms with E-state index in [2.05, 4.69) is 35.7 Å². The summed E-state index contributed by atoms with van der Waals surface area (Å²) >= 11 is 0. The van der Waals surface area contributed by atoms with Crippen molar-refractivity contribution in [2.75, 3.05) is 33.7 Å². The first-order valence-electron chi connectivity index (χ1n) is 7.43. The number of unbranched alkanes of at least 4 members (excludes halogenated alkanes) is 1. The fraction of sp³-hybridized carbons (Fsp3) is 0.562. The Hall–Kier alpha value is -1.39. The summed E-state index contributed by atoms with van der Waals surface area (Å²) in [6.07, 6.45) is 3.15. The Morgan fingerprint density at radius 2 is 2.20 bits per heavy atom. The molecule has 110 valence electrons. The Labute approximate surface area is 121 Å². The number of rotatable bonds is 6. The molecule has 1 aliphatic heterocycles. The maximum Gasteiger partial charge on any atom is 0.251 e. The summed E-state index contributed by atoms with van der Waals surface area (Å²) in [7, 11) is 4.14. The highest BCUT2D eigenvalue weighted by Crippen LogP contribution is 2.18. The number of benzene rings is 1. The molecule has 1 amide bonds. The van der Waals surface area contributed by atoms with E-state index in [1.165, 1.54) is 11.1 Å². The predicted octanol–water partition coefficient (Wildman–Crippen LogP) is 1.40. The van der Waals surface area contributed by atoms with E-state index in [4.69, 9.17) is 0 Å². The summed E-state index contributed by atoms with van der Waals surface area (Å²) in [6.45, 7) is 3.63. The Morgan fingerprint density at radius 1 is 1.35 bits per heavy atom. The molecule has 0 saturated carbocycles. The molecule has 0 spiro atoms. The van der Waals surface area contributed by atoms with Crippen molar-refractivity contribution in [1.82, 2.24) is 15.5 Å². The third-order valence-corrected chi connectivity index (χ3v) is 3.71. The molecule has 0 bridgehead atoms. The molecule has 0 aliphatic carbocycles. The normalized spacial score (nSPS) is 14.2. The van der Waals surface area contributed by atoms with Gasteiger partial charge in [-0.05, 0) is 63.6 Å². The van der Waals surface area contributed by atoms with Crippen LogP contribution in [-0.2, 0) is 13.0 Å². The van der Waals surface area contributed by atoms with Gasteiger partial charge in [-0.1, -0.05) is 12.1 Å². The molecular formula is C16H25N3O. The number of hydrogen-bond donors (Lipinski definition) is 2. The molecule has 1 aromatic rings. The van der Waals surface area contributed by atoms with E-state index in [1.807, 2.05) is 12.1 Å². The first-order chi connectivity index (χ1) is 9.68. The molecule has 0 atom stereocenters. The van der Waals surface area contributed by atoms with Gasteiger partial charge in [-0.15, -0.1) is 0 Å². The van der Waals surface area contributed by atoms with Gasteiger partial charge in [0.25, 0.3) is 5.91 Å². The van der Waals surface area contributed by atoms with Gasteiger partial charge in [-0.25, -0.2) is 0 Å². The molecule has 0 radical (unpaired) electrons. The third-order valence-electron chi connectivity index (χ3n) is 3.71. The van der Waals surface area contributed by atoms with Gasteiger partial charge >= 0.3 is 0 Å². The van der Waals surface area contributed by atoms with Crippen molar-refractivity contribution in [2.45, 2.75) is 25.8 Å². The first-order valence-corrected chi connectivity index (χ1v) is 7.43. The smallest absolute Gasteiger partial charge is 0.251 e. The van der Waals surface area contributed by atoms with Crippen LogP contribution in [0.2, 0.25) is 0 Å². The topological polar surface area (TPSA) is 44.4 Å². The average molecular weight is 275 g/mol. The fourth-order valence-corrected chi connectivity index (χ4v) is 2.58. The summed E-state index contributed by atoms with van der Waals surface area (Å²) in [5, 5.41) is 6.38. The van der Waals surface area contributed by atoms with Crippen LogP contribution in [0, 0.1) is 0 Å². The molecule has 1 aliphatic rings. The van der Waals surface area contributed by atoms with Crippen LogP contribution in [0.25, 0.3) is 0 Å². The lowest BCUT2D eigenvalue weighted by Crippen LogP contribution is -2.30. The number of carbonyl (C=O) groups excluding carboxylic acids is 1. The highest BCUT2D eigenvalue weighted by molar-refractivity contribution is 5.96. The lowest BCUT2D eigenvalue weighted by Gasteiger charge is -2.20. The van der Waals surface area contributed by atoms with Crippen molar-refractivity contribution in [3.8, 4) is 0 Å². The zero-order valence-corrected chi connectivity index (χ0v) is 12.5. The number of nitrogens with zero attached hydrogens (tertiary/aromatic N) is 1. The lowest BCUT2D eigenvalue weighted by molar-refractivity contribution is 0.0951. The molecule has 4 heteroatoms. The Balaban J connectivity index is 1.86. The monoisotopic (exact) mass is 275 g/mol. The van der Waals surface area contributed by atoms with Crippen LogP contribution in [0.3, 0.4) is 0 Å². The number of nitrogens with one attached hydrogen (secondary N) is 2. The zero-order chi connectivity index (χ0) is 14.4. The van der Waals surface area contributed by atoms with Crippen LogP contribution in [0.15, 0.2) is 18.2 Å². The molecule has 0 fully saturated rings. The van der Waals surface area contributed by atoms with E-state index in [9.17, 15) is 4.79 Å². The minimum atomic E-state index is 0.0652. The molecule has 4 nitrogen and oxygen atoms in total. The van der Waals surface area contributed by atoms with E-state index >= 15 is 0 Å². The van der Waals surface area contributed by atoms with Gasteiger partial charge in [0.15, 0.2) is 0 Å². The van der Waals surface area contributed by atoms with Crippen LogP contribution in [0.4, 0.5) is 0 Å². The standard InChI is InChI=1S/C16H25N3O/c1-19(2)11-4-3-9-18-16(20)14-7-5-6-13-8-10-17-12-15(13)14/h5-7,17H,3-4,8-12H2,1-2H3,(H,18,20). The molecule has 0 aromatic heterocycles. The van der Waals surface area contributed by atoms with Gasteiger partial charge < -0.3 is 15.5 Å². The highest BCUT2D eigenvalue weighted by atomic mass is 16.1. The van der Waals surface area contributed by atoms with Crippen molar-refractivity contribution >= 4 is 5.91 Å². The van der Waals surface area contributed by atoms with Crippen molar-refractivity contribution in [2.24, 2.45) is 0 Å².